The second-order valence-electron chi connectivity index (χ2n) is 4.74. The molecule has 21 heavy (non-hydrogen) atoms. The van der Waals surface area contributed by atoms with E-state index in [9.17, 15) is 9.90 Å². The largest absolute Gasteiger partial charge is 0.497 e. The zero-order chi connectivity index (χ0) is 15.1. The molecule has 1 atom stereocenters. The summed E-state index contributed by atoms with van der Waals surface area (Å²) in [4.78, 5) is 11.4. The van der Waals surface area contributed by atoms with Crippen LogP contribution in [0, 0.1) is 0 Å². The molecule has 0 radical (unpaired) electrons. The second kappa shape index (κ2) is 7.45. The Kier molecular flexibility index (Phi) is 5.35. The monoisotopic (exact) mass is 285 g/mol. The topological polar surface area (TPSA) is 58.6 Å². The first-order chi connectivity index (χ1) is 10.2. The first-order valence-electron chi connectivity index (χ1n) is 6.85. The molecular weight excluding hydrogens is 266 g/mol. The predicted octanol–water partition coefficient (Wildman–Crippen LogP) is 2.65. The number of hydrogen-bond acceptors (Lipinski definition) is 3. The molecule has 0 amide bonds. The van der Waals surface area contributed by atoms with Gasteiger partial charge in [-0.1, -0.05) is 42.5 Å². The highest BCUT2D eigenvalue weighted by molar-refractivity contribution is 5.75. The number of aliphatic carboxylic acids is 1. The maximum Gasteiger partial charge on any atom is 0.325 e. The fraction of sp³-hybridized carbons (Fsp3) is 0.235. The highest BCUT2D eigenvalue weighted by Gasteiger charge is 2.18. The van der Waals surface area contributed by atoms with E-state index in [0.717, 1.165) is 23.3 Å². The Morgan fingerprint density at radius 3 is 2.62 bits per heavy atom. The van der Waals surface area contributed by atoms with Gasteiger partial charge in [0.05, 0.1) is 7.11 Å². The van der Waals surface area contributed by atoms with Crippen molar-refractivity contribution in [3.05, 3.63) is 65.7 Å². The van der Waals surface area contributed by atoms with Crippen molar-refractivity contribution in [2.24, 2.45) is 0 Å². The van der Waals surface area contributed by atoms with Crippen molar-refractivity contribution in [1.82, 2.24) is 5.32 Å². The molecule has 0 aromatic heterocycles. The van der Waals surface area contributed by atoms with E-state index >= 15 is 0 Å². The van der Waals surface area contributed by atoms with Crippen LogP contribution >= 0.6 is 0 Å². The number of benzene rings is 2. The fourth-order valence-electron chi connectivity index (χ4n) is 2.18. The molecule has 0 spiro atoms. The fourth-order valence-corrected chi connectivity index (χ4v) is 2.18. The standard InChI is InChI=1S/C17H19NO3/c1-21-15-9-5-6-13(12-15)10-11-18-16(17(19)20)14-7-3-2-4-8-14/h2-9,12,16,18H,10-11H2,1H3,(H,19,20). The Morgan fingerprint density at radius 2 is 1.95 bits per heavy atom. The molecule has 110 valence electrons. The molecule has 0 heterocycles. The average Bonchev–Trinajstić information content (AvgIpc) is 2.52. The molecular formula is C17H19NO3. The van der Waals surface area contributed by atoms with Gasteiger partial charge in [0.2, 0.25) is 0 Å². The average molecular weight is 285 g/mol. The molecule has 2 aromatic carbocycles. The van der Waals surface area contributed by atoms with Crippen molar-refractivity contribution < 1.29 is 14.6 Å². The molecule has 0 aliphatic rings. The molecule has 0 aliphatic heterocycles. The van der Waals surface area contributed by atoms with Gasteiger partial charge in [0.1, 0.15) is 11.8 Å². The van der Waals surface area contributed by atoms with E-state index < -0.39 is 12.0 Å². The number of ether oxygens (including phenoxy) is 1. The van der Waals surface area contributed by atoms with E-state index in [1.807, 2.05) is 54.6 Å². The lowest BCUT2D eigenvalue weighted by atomic mass is 10.1. The summed E-state index contributed by atoms with van der Waals surface area (Å²) in [6.07, 6.45) is 0.744. The van der Waals surface area contributed by atoms with Crippen LogP contribution in [-0.2, 0) is 11.2 Å². The van der Waals surface area contributed by atoms with E-state index in [2.05, 4.69) is 5.32 Å². The number of rotatable bonds is 7. The van der Waals surface area contributed by atoms with Crippen molar-refractivity contribution >= 4 is 5.97 Å². The van der Waals surface area contributed by atoms with Gasteiger partial charge in [0, 0.05) is 6.54 Å². The number of carboxylic acid groups (broad SMARTS) is 1. The first-order valence-corrected chi connectivity index (χ1v) is 6.85. The van der Waals surface area contributed by atoms with Crippen LogP contribution in [0.25, 0.3) is 0 Å². The number of hydrogen-bond donors (Lipinski definition) is 2. The van der Waals surface area contributed by atoms with Crippen LogP contribution in [0.2, 0.25) is 0 Å². The summed E-state index contributed by atoms with van der Waals surface area (Å²) in [5, 5.41) is 12.4. The highest BCUT2D eigenvalue weighted by atomic mass is 16.5. The Hall–Kier alpha value is -2.33. The lowest BCUT2D eigenvalue weighted by Crippen LogP contribution is -2.30. The highest BCUT2D eigenvalue weighted by Crippen LogP contribution is 2.15. The molecule has 0 fully saturated rings. The summed E-state index contributed by atoms with van der Waals surface area (Å²) in [7, 11) is 1.63. The number of methoxy groups -OCH3 is 1. The van der Waals surface area contributed by atoms with Gasteiger partial charge in [0.15, 0.2) is 0 Å². The van der Waals surface area contributed by atoms with E-state index in [4.69, 9.17) is 4.74 Å². The second-order valence-corrected chi connectivity index (χ2v) is 4.74. The van der Waals surface area contributed by atoms with Crippen LogP contribution in [0.15, 0.2) is 54.6 Å². The molecule has 4 nitrogen and oxygen atoms in total. The number of nitrogens with one attached hydrogen (secondary N) is 1. The number of carboxylic acids is 1. The Morgan fingerprint density at radius 1 is 1.19 bits per heavy atom. The molecule has 0 aliphatic carbocycles. The van der Waals surface area contributed by atoms with E-state index in [1.54, 1.807) is 7.11 Å². The van der Waals surface area contributed by atoms with Crippen molar-refractivity contribution in [2.75, 3.05) is 13.7 Å². The molecule has 2 N–H and O–H groups in total. The van der Waals surface area contributed by atoms with Crippen LogP contribution in [0.1, 0.15) is 17.2 Å². The molecule has 0 bridgehead atoms. The van der Waals surface area contributed by atoms with Gasteiger partial charge in [-0.05, 0) is 29.7 Å². The molecule has 0 saturated carbocycles. The van der Waals surface area contributed by atoms with Crippen LogP contribution in [-0.4, -0.2) is 24.7 Å². The molecule has 4 heteroatoms. The lowest BCUT2D eigenvalue weighted by Gasteiger charge is -2.15. The zero-order valence-electron chi connectivity index (χ0n) is 12.0. The lowest BCUT2D eigenvalue weighted by molar-refractivity contribution is -0.139. The summed E-state index contributed by atoms with van der Waals surface area (Å²) in [5.74, 6) is -0.0582. The van der Waals surface area contributed by atoms with E-state index in [-0.39, 0.29) is 0 Å². The van der Waals surface area contributed by atoms with Crippen LogP contribution in [0.4, 0.5) is 0 Å². The normalized spacial score (nSPS) is 11.9. The quantitative estimate of drug-likeness (QED) is 0.821. The minimum atomic E-state index is -0.869. The third-order valence-electron chi connectivity index (χ3n) is 3.28. The van der Waals surface area contributed by atoms with Gasteiger partial charge in [-0.2, -0.15) is 0 Å². The van der Waals surface area contributed by atoms with Crippen molar-refractivity contribution in [3.8, 4) is 5.75 Å². The predicted molar refractivity (Wildman–Crippen MR) is 81.5 cm³/mol. The smallest absolute Gasteiger partial charge is 0.325 e. The van der Waals surface area contributed by atoms with Gasteiger partial charge < -0.3 is 15.2 Å². The minimum Gasteiger partial charge on any atom is -0.497 e. The van der Waals surface area contributed by atoms with Crippen LogP contribution in [0.5, 0.6) is 5.75 Å². The third-order valence-corrected chi connectivity index (χ3v) is 3.28. The van der Waals surface area contributed by atoms with E-state index in [1.165, 1.54) is 0 Å². The van der Waals surface area contributed by atoms with Gasteiger partial charge in [-0.25, -0.2) is 0 Å². The molecule has 1 unspecified atom stereocenters. The molecule has 2 aromatic rings. The van der Waals surface area contributed by atoms with Crippen LogP contribution < -0.4 is 10.1 Å². The van der Waals surface area contributed by atoms with Gasteiger partial charge >= 0.3 is 5.97 Å². The molecule has 2 rings (SSSR count). The van der Waals surface area contributed by atoms with Gasteiger partial charge in [-0.15, -0.1) is 0 Å². The van der Waals surface area contributed by atoms with Gasteiger partial charge in [-0.3, -0.25) is 4.79 Å². The maximum absolute atomic E-state index is 11.4. The molecule has 0 saturated heterocycles. The maximum atomic E-state index is 11.4. The van der Waals surface area contributed by atoms with Crippen molar-refractivity contribution in [1.29, 1.82) is 0 Å². The number of carbonyl (C=O) groups is 1. The first kappa shape index (κ1) is 15.1. The minimum absolute atomic E-state index is 0.582. The van der Waals surface area contributed by atoms with Crippen molar-refractivity contribution in [3.63, 3.8) is 0 Å². The Balaban J connectivity index is 1.95. The summed E-state index contributed by atoms with van der Waals surface area (Å²) in [6, 6.07) is 16.3. The van der Waals surface area contributed by atoms with Gasteiger partial charge in [0.25, 0.3) is 0 Å². The third kappa shape index (κ3) is 4.33. The van der Waals surface area contributed by atoms with Crippen LogP contribution in [0.3, 0.4) is 0 Å². The summed E-state index contributed by atoms with van der Waals surface area (Å²) < 4.78 is 5.18. The van der Waals surface area contributed by atoms with Crippen molar-refractivity contribution in [2.45, 2.75) is 12.5 Å². The Labute approximate surface area is 124 Å². The summed E-state index contributed by atoms with van der Waals surface area (Å²) in [5.41, 5.74) is 1.87. The Bertz CT molecular complexity index is 584. The van der Waals surface area contributed by atoms with E-state index in [0.29, 0.717) is 6.54 Å². The zero-order valence-corrected chi connectivity index (χ0v) is 12.0. The summed E-state index contributed by atoms with van der Waals surface area (Å²) in [6.45, 7) is 0.582. The summed E-state index contributed by atoms with van der Waals surface area (Å²) >= 11 is 0. The SMILES string of the molecule is COc1cccc(CCNC(C(=O)O)c2ccccc2)c1.